The molecule has 0 aliphatic rings. The van der Waals surface area contributed by atoms with Crippen LogP contribution in [0.25, 0.3) is 17.1 Å². The molecule has 0 unspecified atom stereocenters. The van der Waals surface area contributed by atoms with Crippen LogP contribution in [0.3, 0.4) is 0 Å². The summed E-state index contributed by atoms with van der Waals surface area (Å²) < 4.78 is 1.88. The normalized spacial score (nSPS) is 10.8. The first-order valence-corrected chi connectivity index (χ1v) is 9.45. The summed E-state index contributed by atoms with van der Waals surface area (Å²) in [7, 11) is 0. The average molecular weight is 386 g/mol. The zero-order valence-corrected chi connectivity index (χ0v) is 16.4. The maximum absolute atomic E-state index is 12.5. The minimum atomic E-state index is -0.0820. The van der Waals surface area contributed by atoms with Crippen LogP contribution in [-0.2, 0) is 17.8 Å². The molecule has 0 atom stereocenters. The van der Waals surface area contributed by atoms with Crippen LogP contribution in [0, 0.1) is 13.8 Å². The number of carbonyl (C=O) groups excluding carboxylic acids is 1. The first-order valence-electron chi connectivity index (χ1n) is 9.45. The van der Waals surface area contributed by atoms with E-state index in [1.807, 2.05) is 79.2 Å². The molecule has 1 amide bonds. The molecule has 2 aromatic carbocycles. The van der Waals surface area contributed by atoms with Gasteiger partial charge in [-0.2, -0.15) is 10.2 Å². The molecule has 2 aromatic heterocycles. The third kappa shape index (κ3) is 4.08. The number of aromatic nitrogens is 5. The number of aromatic amines is 1. The van der Waals surface area contributed by atoms with Crippen molar-refractivity contribution in [3.8, 4) is 17.1 Å². The molecule has 29 heavy (non-hydrogen) atoms. The van der Waals surface area contributed by atoms with Gasteiger partial charge in [0.25, 0.3) is 0 Å². The highest BCUT2D eigenvalue weighted by Crippen LogP contribution is 2.18. The molecule has 2 heterocycles. The maximum Gasteiger partial charge on any atom is 0.224 e. The summed E-state index contributed by atoms with van der Waals surface area (Å²) in [6.07, 6.45) is 0.268. The Morgan fingerprint density at radius 3 is 2.45 bits per heavy atom. The molecule has 0 saturated carbocycles. The van der Waals surface area contributed by atoms with E-state index in [1.165, 1.54) is 0 Å². The first-order chi connectivity index (χ1) is 14.1. The summed E-state index contributed by atoms with van der Waals surface area (Å²) in [5.41, 5.74) is 4.67. The molecule has 0 spiro atoms. The van der Waals surface area contributed by atoms with Crippen LogP contribution >= 0.6 is 0 Å². The van der Waals surface area contributed by atoms with E-state index in [9.17, 15) is 4.79 Å². The molecule has 7 heteroatoms. The fourth-order valence-electron chi connectivity index (χ4n) is 3.25. The third-order valence-corrected chi connectivity index (χ3v) is 4.80. The Balaban J connectivity index is 1.41. The molecule has 4 rings (SSSR count). The summed E-state index contributed by atoms with van der Waals surface area (Å²) in [6.45, 7) is 4.21. The molecule has 146 valence electrons. The monoisotopic (exact) mass is 386 g/mol. The molecular weight excluding hydrogens is 364 g/mol. The van der Waals surface area contributed by atoms with E-state index in [0.29, 0.717) is 18.2 Å². The van der Waals surface area contributed by atoms with Gasteiger partial charge in [0.2, 0.25) is 5.91 Å². The number of H-pyrrole nitrogens is 1. The largest absolute Gasteiger partial charge is 0.349 e. The fourth-order valence-corrected chi connectivity index (χ4v) is 3.25. The minimum absolute atomic E-state index is 0.0820. The number of hydrogen-bond donors (Lipinski definition) is 2. The van der Waals surface area contributed by atoms with Crippen molar-refractivity contribution in [2.45, 2.75) is 26.8 Å². The van der Waals surface area contributed by atoms with E-state index in [4.69, 9.17) is 0 Å². The number of rotatable bonds is 6. The van der Waals surface area contributed by atoms with Crippen molar-refractivity contribution in [3.63, 3.8) is 0 Å². The zero-order valence-electron chi connectivity index (χ0n) is 16.4. The highest BCUT2D eigenvalue weighted by molar-refractivity contribution is 5.79. The van der Waals surface area contributed by atoms with Gasteiger partial charge in [0.05, 0.1) is 24.3 Å². The summed E-state index contributed by atoms with van der Waals surface area (Å²) in [4.78, 5) is 16.9. The van der Waals surface area contributed by atoms with E-state index in [-0.39, 0.29) is 12.3 Å². The van der Waals surface area contributed by atoms with Crippen LogP contribution in [0.2, 0.25) is 0 Å². The van der Waals surface area contributed by atoms with Gasteiger partial charge in [-0.1, -0.05) is 48.5 Å². The van der Waals surface area contributed by atoms with Gasteiger partial charge in [-0.05, 0) is 26.0 Å². The van der Waals surface area contributed by atoms with E-state index in [1.54, 1.807) is 0 Å². The SMILES string of the molecule is Cc1nn(-c2ccccc2)c(C)c1CC(=O)NCc1nc(-c2ccccc2)n[nH]1. The van der Waals surface area contributed by atoms with Crippen LogP contribution in [0.1, 0.15) is 22.8 Å². The zero-order chi connectivity index (χ0) is 20.2. The van der Waals surface area contributed by atoms with Crippen molar-refractivity contribution in [1.29, 1.82) is 0 Å². The lowest BCUT2D eigenvalue weighted by Crippen LogP contribution is -2.25. The smallest absolute Gasteiger partial charge is 0.224 e. The van der Waals surface area contributed by atoms with Crippen molar-refractivity contribution >= 4 is 5.91 Å². The second kappa shape index (κ2) is 8.10. The van der Waals surface area contributed by atoms with Crippen LogP contribution in [-0.4, -0.2) is 30.9 Å². The summed E-state index contributed by atoms with van der Waals surface area (Å²) in [5.74, 6) is 1.15. The molecule has 0 bridgehead atoms. The Morgan fingerprint density at radius 1 is 1.03 bits per heavy atom. The molecule has 4 aromatic rings. The van der Waals surface area contributed by atoms with Crippen LogP contribution in [0.5, 0.6) is 0 Å². The summed E-state index contributed by atoms with van der Waals surface area (Å²) in [5, 5.41) is 14.6. The van der Waals surface area contributed by atoms with Gasteiger partial charge in [0, 0.05) is 16.8 Å². The summed E-state index contributed by atoms with van der Waals surface area (Å²) in [6, 6.07) is 19.6. The van der Waals surface area contributed by atoms with E-state index < -0.39 is 0 Å². The second-order valence-corrected chi connectivity index (χ2v) is 6.82. The lowest BCUT2D eigenvalue weighted by Gasteiger charge is -2.06. The number of para-hydroxylation sites is 1. The number of amides is 1. The fraction of sp³-hybridized carbons (Fsp3) is 0.182. The Hall–Kier alpha value is -3.74. The minimum Gasteiger partial charge on any atom is -0.349 e. The van der Waals surface area contributed by atoms with E-state index in [0.717, 1.165) is 28.2 Å². The Morgan fingerprint density at radius 2 is 1.72 bits per heavy atom. The predicted octanol–water partition coefficient (Wildman–Crippen LogP) is 3.13. The molecule has 7 nitrogen and oxygen atoms in total. The van der Waals surface area contributed by atoms with Crippen LogP contribution in [0.15, 0.2) is 60.7 Å². The Labute approximate surface area is 168 Å². The number of nitrogens with zero attached hydrogens (tertiary/aromatic N) is 4. The standard InChI is InChI=1S/C22H22N6O/c1-15-19(16(2)28(27-15)18-11-7-4-8-12-18)13-21(29)23-14-20-24-22(26-25-20)17-9-5-3-6-10-17/h3-12H,13-14H2,1-2H3,(H,23,29)(H,24,25,26). The van der Waals surface area contributed by atoms with Crippen molar-refractivity contribution in [2.24, 2.45) is 0 Å². The quantitative estimate of drug-likeness (QED) is 0.533. The molecule has 0 aliphatic carbocycles. The van der Waals surface area contributed by atoms with Crippen molar-refractivity contribution in [3.05, 3.63) is 83.4 Å². The number of aryl methyl sites for hydroxylation is 1. The third-order valence-electron chi connectivity index (χ3n) is 4.80. The van der Waals surface area contributed by atoms with Crippen LogP contribution < -0.4 is 5.32 Å². The topological polar surface area (TPSA) is 88.5 Å². The van der Waals surface area contributed by atoms with Gasteiger partial charge >= 0.3 is 0 Å². The molecule has 0 aliphatic heterocycles. The number of hydrogen-bond acceptors (Lipinski definition) is 4. The van der Waals surface area contributed by atoms with Gasteiger partial charge in [0.1, 0.15) is 5.82 Å². The molecule has 0 fully saturated rings. The van der Waals surface area contributed by atoms with Gasteiger partial charge in [-0.15, -0.1) is 0 Å². The molecule has 0 radical (unpaired) electrons. The van der Waals surface area contributed by atoms with Gasteiger partial charge in [0.15, 0.2) is 5.82 Å². The predicted molar refractivity (Wildman–Crippen MR) is 110 cm³/mol. The van der Waals surface area contributed by atoms with Crippen molar-refractivity contribution in [2.75, 3.05) is 0 Å². The van der Waals surface area contributed by atoms with Crippen molar-refractivity contribution in [1.82, 2.24) is 30.3 Å². The first kappa shape index (κ1) is 18.6. The molecular formula is C22H22N6O. The Bertz CT molecular complexity index is 1110. The highest BCUT2D eigenvalue weighted by Gasteiger charge is 2.16. The van der Waals surface area contributed by atoms with Gasteiger partial charge in [-0.25, -0.2) is 9.67 Å². The van der Waals surface area contributed by atoms with E-state index >= 15 is 0 Å². The average Bonchev–Trinajstić information content (AvgIpc) is 3.34. The number of carbonyl (C=O) groups is 1. The lowest BCUT2D eigenvalue weighted by atomic mass is 10.1. The summed E-state index contributed by atoms with van der Waals surface area (Å²) >= 11 is 0. The van der Waals surface area contributed by atoms with E-state index in [2.05, 4.69) is 25.6 Å². The second-order valence-electron chi connectivity index (χ2n) is 6.82. The van der Waals surface area contributed by atoms with Crippen LogP contribution in [0.4, 0.5) is 0 Å². The highest BCUT2D eigenvalue weighted by atomic mass is 16.1. The molecule has 0 saturated heterocycles. The Kier molecular flexibility index (Phi) is 5.20. The van der Waals surface area contributed by atoms with Crippen molar-refractivity contribution < 1.29 is 4.79 Å². The van der Waals surface area contributed by atoms with Gasteiger partial charge < -0.3 is 5.32 Å². The number of benzene rings is 2. The van der Waals surface area contributed by atoms with Gasteiger partial charge in [-0.3, -0.25) is 9.89 Å². The molecule has 2 N–H and O–H groups in total. The maximum atomic E-state index is 12.5. The number of nitrogens with one attached hydrogen (secondary N) is 2. The lowest BCUT2D eigenvalue weighted by molar-refractivity contribution is -0.120.